The molecule has 0 aromatic heterocycles. The van der Waals surface area contributed by atoms with E-state index in [1.807, 2.05) is 25.9 Å². The molecule has 252 valence electrons. The van der Waals surface area contributed by atoms with Crippen LogP contribution in [0.25, 0.3) is 5.76 Å². The number of aliphatic hydroxyl groups excluding tert-OH is 3. The van der Waals surface area contributed by atoms with Crippen molar-refractivity contribution >= 4 is 23.1 Å². The molecule has 46 heavy (non-hydrogen) atoms. The summed E-state index contributed by atoms with van der Waals surface area (Å²) >= 11 is 0. The number of hydrogen-bond donors (Lipinski definition) is 4. The predicted molar refractivity (Wildman–Crippen MR) is 179 cm³/mol. The Balaban J connectivity index is 1.70. The summed E-state index contributed by atoms with van der Waals surface area (Å²) in [6.07, 6.45) is 2.18. The van der Waals surface area contributed by atoms with Crippen LogP contribution >= 0.6 is 0 Å². The smallest absolute Gasteiger partial charge is 0.252 e. The topological polar surface area (TPSA) is 140 Å². The zero-order valence-corrected chi connectivity index (χ0v) is 29.1. The molecule has 1 aromatic rings. The Morgan fingerprint density at radius 3 is 2.37 bits per heavy atom. The molecule has 6 atom stereocenters. The quantitative estimate of drug-likeness (QED) is 0.337. The van der Waals surface area contributed by atoms with Gasteiger partial charge in [0.05, 0.1) is 24.3 Å². The average Bonchev–Trinajstić information content (AvgIpc) is 3.27. The number of anilines is 1. The number of amides is 1. The van der Waals surface area contributed by atoms with Gasteiger partial charge in [-0.15, -0.1) is 0 Å². The minimum atomic E-state index is -1.55. The number of nitrogens with zero attached hydrogens (tertiary/aromatic N) is 3. The van der Waals surface area contributed by atoms with Gasteiger partial charge in [0, 0.05) is 55.0 Å². The number of hydrogen-bond acceptors (Lipinski definition) is 9. The van der Waals surface area contributed by atoms with Crippen LogP contribution < -0.4 is 10.6 Å². The van der Waals surface area contributed by atoms with Gasteiger partial charge in [-0.3, -0.25) is 19.4 Å². The van der Waals surface area contributed by atoms with Crippen LogP contribution in [0.5, 0.6) is 0 Å². The van der Waals surface area contributed by atoms with Gasteiger partial charge in [-0.25, -0.2) is 0 Å². The number of aryl methyl sites for hydroxylation is 1. The zero-order chi connectivity index (χ0) is 34.2. The second-order valence-electron chi connectivity index (χ2n) is 15.1. The number of carbonyl (C=O) groups excluding carboxylic acids is 2. The first-order chi connectivity index (χ1) is 21.4. The minimum absolute atomic E-state index is 0.0433. The maximum Gasteiger partial charge on any atom is 0.252 e. The molecular weight excluding hydrogens is 584 g/mol. The van der Waals surface area contributed by atoms with Crippen molar-refractivity contribution in [2.45, 2.75) is 84.7 Å². The van der Waals surface area contributed by atoms with E-state index in [4.69, 9.17) is 10.5 Å². The van der Waals surface area contributed by atoms with Crippen LogP contribution in [0.3, 0.4) is 0 Å². The van der Waals surface area contributed by atoms with E-state index in [1.165, 1.54) is 0 Å². The number of aliphatic hydroxyl groups is 3. The van der Waals surface area contributed by atoms with Gasteiger partial charge in [0.2, 0.25) is 0 Å². The van der Waals surface area contributed by atoms with Gasteiger partial charge in [-0.2, -0.15) is 0 Å². The number of benzene rings is 1. The number of rotatable bonds is 8. The molecule has 1 aliphatic heterocycles. The molecule has 5 N–H and O–H groups in total. The molecule has 0 unspecified atom stereocenters. The van der Waals surface area contributed by atoms with Gasteiger partial charge in [0.15, 0.2) is 11.4 Å². The van der Waals surface area contributed by atoms with Crippen molar-refractivity contribution in [3.05, 3.63) is 56.9 Å². The number of primary amides is 1. The first-order valence-corrected chi connectivity index (χ1v) is 16.4. The molecule has 3 aliphatic carbocycles. The molecule has 1 spiro atoms. The summed E-state index contributed by atoms with van der Waals surface area (Å²) in [7, 11) is 7.61. The summed E-state index contributed by atoms with van der Waals surface area (Å²) in [6.45, 7) is 13.7. The standard InChI is InChI=1S/C36H52N4O6/c1-11-40(25(17-41)35(4,5)6)16-21-12-18(2)26-22(29(21)38(7)8)14-20-15-24-30(39(9)10)32(43)28(34(37)45)23-13-19(3)46-36(23,24)33(44)27(20)31(26)42/h12-13,19-20,24-25,30,41-43H,11,14-17H2,1-10H3,(H2,37,45)/t19-,20-,24-,25+,30-,36-/m0/s1. The molecule has 10 heteroatoms. The van der Waals surface area contributed by atoms with E-state index in [9.17, 15) is 24.9 Å². The van der Waals surface area contributed by atoms with Gasteiger partial charge in [0.1, 0.15) is 11.5 Å². The largest absolute Gasteiger partial charge is 0.510 e. The molecule has 1 heterocycles. The number of fused-ring (bicyclic) bond motifs is 2. The van der Waals surface area contributed by atoms with Crippen LogP contribution in [0.1, 0.15) is 63.3 Å². The van der Waals surface area contributed by atoms with Gasteiger partial charge in [0.25, 0.3) is 5.91 Å². The van der Waals surface area contributed by atoms with Crippen LogP contribution in [0.2, 0.25) is 0 Å². The van der Waals surface area contributed by atoms with Gasteiger partial charge in [-0.05, 0) is 81.4 Å². The van der Waals surface area contributed by atoms with Crippen molar-refractivity contribution in [2.75, 3.05) is 46.2 Å². The third kappa shape index (κ3) is 5.00. The third-order valence-electron chi connectivity index (χ3n) is 10.7. The highest BCUT2D eigenvalue weighted by Gasteiger charge is 2.66. The van der Waals surface area contributed by atoms with Crippen LogP contribution in [-0.2, 0) is 27.3 Å². The van der Waals surface area contributed by atoms with E-state index >= 15 is 0 Å². The van der Waals surface area contributed by atoms with Crippen molar-refractivity contribution in [3.63, 3.8) is 0 Å². The lowest BCUT2D eigenvalue weighted by Crippen LogP contribution is -2.63. The van der Waals surface area contributed by atoms with Crippen molar-refractivity contribution < 1.29 is 29.6 Å². The third-order valence-corrected chi connectivity index (χ3v) is 10.7. The number of ketones is 1. The van der Waals surface area contributed by atoms with E-state index < -0.39 is 29.6 Å². The predicted octanol–water partition coefficient (Wildman–Crippen LogP) is 3.65. The summed E-state index contributed by atoms with van der Waals surface area (Å²) < 4.78 is 6.49. The van der Waals surface area contributed by atoms with E-state index in [2.05, 4.69) is 43.6 Å². The fourth-order valence-corrected chi connectivity index (χ4v) is 8.94. The lowest BCUT2D eigenvalue weighted by atomic mass is 9.56. The molecule has 1 amide bonds. The minimum Gasteiger partial charge on any atom is -0.510 e. The Labute approximate surface area is 273 Å². The Hall–Kier alpha value is -3.18. The Bertz CT molecular complexity index is 1550. The fourth-order valence-electron chi connectivity index (χ4n) is 8.94. The Morgan fingerprint density at radius 1 is 1.20 bits per heavy atom. The number of likely N-dealkylation sites (N-methyl/N-ethyl adjacent to an activating group) is 2. The summed E-state index contributed by atoms with van der Waals surface area (Å²) in [5.41, 5.74) is 9.27. The van der Waals surface area contributed by atoms with Crippen molar-refractivity contribution in [1.82, 2.24) is 9.80 Å². The lowest BCUT2D eigenvalue weighted by molar-refractivity contribution is -0.154. The molecule has 4 aliphatic rings. The first kappa shape index (κ1) is 34.2. The second kappa shape index (κ2) is 11.8. The first-order valence-electron chi connectivity index (χ1n) is 16.4. The van der Waals surface area contributed by atoms with E-state index in [0.717, 1.165) is 28.9 Å². The van der Waals surface area contributed by atoms with Crippen LogP contribution in [-0.4, -0.2) is 102 Å². The van der Waals surface area contributed by atoms with Gasteiger partial charge < -0.3 is 30.7 Å². The number of carbonyl (C=O) groups is 2. The molecule has 1 fully saturated rings. The van der Waals surface area contributed by atoms with Crippen molar-refractivity contribution in [1.29, 1.82) is 0 Å². The molecule has 1 saturated carbocycles. The molecule has 0 saturated heterocycles. The highest BCUT2D eigenvalue weighted by molar-refractivity contribution is 6.14. The molecule has 10 nitrogen and oxygen atoms in total. The normalized spacial score (nSPS) is 28.2. The SMILES string of the molecule is CCN(Cc1cc(C)c2c(c1N(C)C)C[C@H]1C[C@H]3[C@H](N(C)C)C(O)=C(C(N)=O)C4=C[C@H](C)O[C@@]43C(=O)C1=C2O)[C@H](CO)C(C)(C)C. The highest BCUT2D eigenvalue weighted by atomic mass is 16.5. The second-order valence-corrected chi connectivity index (χ2v) is 15.1. The van der Waals surface area contributed by atoms with Gasteiger partial charge >= 0.3 is 0 Å². The maximum atomic E-state index is 14.9. The average molecular weight is 637 g/mol. The van der Waals surface area contributed by atoms with Crippen LogP contribution in [0.4, 0.5) is 5.69 Å². The maximum absolute atomic E-state index is 14.9. The van der Waals surface area contributed by atoms with E-state index in [0.29, 0.717) is 36.1 Å². The Morgan fingerprint density at radius 2 is 1.85 bits per heavy atom. The van der Waals surface area contributed by atoms with Crippen molar-refractivity contribution in [2.24, 2.45) is 23.0 Å². The van der Waals surface area contributed by atoms with Crippen LogP contribution in [0.15, 0.2) is 34.6 Å². The highest BCUT2D eigenvalue weighted by Crippen LogP contribution is 2.58. The number of nitrogens with two attached hydrogens (primary N) is 1. The molecule has 5 rings (SSSR count). The van der Waals surface area contributed by atoms with E-state index in [1.54, 1.807) is 27.1 Å². The zero-order valence-electron chi connectivity index (χ0n) is 29.1. The van der Waals surface area contributed by atoms with Gasteiger partial charge in [-0.1, -0.05) is 33.8 Å². The number of Topliss-reactive ketones (excluding diaryl/α,β-unsaturated/α-hetero) is 1. The summed E-state index contributed by atoms with van der Waals surface area (Å²) in [5.74, 6) is -2.23. The summed E-state index contributed by atoms with van der Waals surface area (Å²) in [4.78, 5) is 33.8. The summed E-state index contributed by atoms with van der Waals surface area (Å²) in [5, 5.41) is 34.0. The van der Waals surface area contributed by atoms with E-state index in [-0.39, 0.29) is 46.9 Å². The van der Waals surface area contributed by atoms with Crippen LogP contribution in [0, 0.1) is 24.2 Å². The Kier molecular flexibility index (Phi) is 8.77. The van der Waals surface area contributed by atoms with Crippen molar-refractivity contribution in [3.8, 4) is 0 Å². The fraction of sp³-hybridized carbons (Fsp3) is 0.611. The molecule has 1 aromatic carbocycles. The summed E-state index contributed by atoms with van der Waals surface area (Å²) in [6, 6.07) is 1.35. The molecule has 0 bridgehead atoms. The lowest BCUT2D eigenvalue weighted by Gasteiger charge is -2.53. The molecule has 0 radical (unpaired) electrons. The molecular formula is C36H52N4O6. The number of ether oxygens (including phenoxy) is 1. The monoisotopic (exact) mass is 636 g/mol.